The average molecular weight is 408 g/mol. The molecule has 5 rings (SSSR count). The van der Waals surface area contributed by atoms with E-state index in [2.05, 4.69) is 15.0 Å². The van der Waals surface area contributed by atoms with E-state index in [1.54, 1.807) is 6.20 Å². The van der Waals surface area contributed by atoms with Crippen molar-refractivity contribution in [3.63, 3.8) is 0 Å². The van der Waals surface area contributed by atoms with Crippen molar-refractivity contribution in [3.8, 4) is 28.4 Å². The second kappa shape index (κ2) is 6.91. The van der Waals surface area contributed by atoms with Crippen LogP contribution >= 0.6 is 0 Å². The second-order valence-electron chi connectivity index (χ2n) is 7.88. The van der Waals surface area contributed by atoms with Crippen molar-refractivity contribution in [1.29, 1.82) is 0 Å². The van der Waals surface area contributed by atoms with Crippen LogP contribution in [0, 0.1) is 11.7 Å². The number of carboxylic acids is 1. The van der Waals surface area contributed by atoms with Crippen molar-refractivity contribution in [2.24, 2.45) is 11.7 Å². The fourth-order valence-corrected chi connectivity index (χ4v) is 4.27. The van der Waals surface area contributed by atoms with E-state index < -0.39 is 11.8 Å². The van der Waals surface area contributed by atoms with Gasteiger partial charge in [0, 0.05) is 35.3 Å². The Kier molecular flexibility index (Phi) is 4.32. The van der Waals surface area contributed by atoms with Crippen molar-refractivity contribution in [3.05, 3.63) is 52.7 Å². The van der Waals surface area contributed by atoms with Crippen LogP contribution in [0.5, 0.6) is 5.88 Å². The van der Waals surface area contributed by atoms with Crippen molar-refractivity contribution in [2.75, 3.05) is 7.11 Å². The van der Waals surface area contributed by atoms with E-state index >= 15 is 0 Å². The Balaban J connectivity index is 1.63. The molecular formula is C22H21FN4O3. The first-order valence-electron chi connectivity index (χ1n) is 9.90. The number of aromatic amines is 1. The highest BCUT2D eigenvalue weighted by molar-refractivity contribution is 5.95. The fourth-order valence-electron chi connectivity index (χ4n) is 4.27. The predicted octanol–water partition coefficient (Wildman–Crippen LogP) is 3.49. The smallest absolute Gasteiger partial charge is 0.337 e. The molecule has 1 unspecified atom stereocenters. The molecule has 1 saturated carbocycles. The Morgan fingerprint density at radius 1 is 1.30 bits per heavy atom. The van der Waals surface area contributed by atoms with Crippen molar-refractivity contribution >= 4 is 5.97 Å². The molecular weight excluding hydrogens is 387 g/mol. The van der Waals surface area contributed by atoms with Gasteiger partial charge in [-0.15, -0.1) is 0 Å². The van der Waals surface area contributed by atoms with Crippen LogP contribution in [0.2, 0.25) is 0 Å². The second-order valence-corrected chi connectivity index (χ2v) is 7.88. The van der Waals surface area contributed by atoms with Crippen molar-refractivity contribution in [1.82, 2.24) is 15.0 Å². The number of rotatable bonds is 5. The van der Waals surface area contributed by atoms with Crippen LogP contribution in [0.25, 0.3) is 22.5 Å². The first-order valence-corrected chi connectivity index (χ1v) is 9.90. The van der Waals surface area contributed by atoms with Crippen LogP contribution < -0.4 is 10.5 Å². The Morgan fingerprint density at radius 3 is 2.77 bits per heavy atom. The molecule has 4 N–H and O–H groups in total. The minimum Gasteiger partial charge on any atom is -0.479 e. The molecule has 3 aromatic heterocycles. The summed E-state index contributed by atoms with van der Waals surface area (Å²) in [4.78, 5) is 23.8. The maximum atomic E-state index is 14.1. The number of fused-ring (bicyclic) bond motifs is 3. The van der Waals surface area contributed by atoms with E-state index in [1.165, 1.54) is 19.4 Å². The van der Waals surface area contributed by atoms with Crippen LogP contribution in [0.4, 0.5) is 4.39 Å². The molecule has 1 atom stereocenters. The number of carboxylic acid groups (broad SMARTS) is 1. The lowest BCUT2D eigenvalue weighted by atomic mass is 9.88. The highest BCUT2D eigenvalue weighted by Gasteiger charge is 2.36. The number of nitrogens with zero attached hydrogens (tertiary/aromatic N) is 2. The highest BCUT2D eigenvalue weighted by Crippen LogP contribution is 2.44. The summed E-state index contributed by atoms with van der Waals surface area (Å²) >= 11 is 0. The lowest BCUT2D eigenvalue weighted by molar-refractivity contribution is 0.0694. The summed E-state index contributed by atoms with van der Waals surface area (Å²) in [6.45, 7) is 0. The van der Waals surface area contributed by atoms with Crippen LogP contribution in [0.3, 0.4) is 0 Å². The van der Waals surface area contributed by atoms with Crippen LogP contribution in [-0.2, 0) is 12.8 Å². The molecule has 30 heavy (non-hydrogen) atoms. The summed E-state index contributed by atoms with van der Waals surface area (Å²) in [6, 6.07) is 2.87. The third-order valence-corrected chi connectivity index (χ3v) is 6.01. The van der Waals surface area contributed by atoms with Gasteiger partial charge < -0.3 is 20.6 Å². The zero-order valence-electron chi connectivity index (χ0n) is 16.4. The van der Waals surface area contributed by atoms with Gasteiger partial charge >= 0.3 is 5.97 Å². The van der Waals surface area contributed by atoms with E-state index in [4.69, 9.17) is 10.5 Å². The molecule has 0 radical (unpaired) electrons. The number of carbonyl (C=O) groups is 1. The normalized spacial score (nSPS) is 16.0. The van der Waals surface area contributed by atoms with Gasteiger partial charge in [0.05, 0.1) is 24.1 Å². The van der Waals surface area contributed by atoms with Gasteiger partial charge in [-0.25, -0.2) is 14.2 Å². The molecule has 2 aliphatic carbocycles. The molecule has 0 spiro atoms. The van der Waals surface area contributed by atoms with Gasteiger partial charge in [-0.3, -0.25) is 4.98 Å². The molecule has 7 nitrogen and oxygen atoms in total. The van der Waals surface area contributed by atoms with E-state index in [9.17, 15) is 14.3 Å². The molecule has 0 saturated heterocycles. The molecule has 3 heterocycles. The molecule has 0 aromatic carbocycles. The maximum absolute atomic E-state index is 14.1. The number of hydrogen-bond acceptors (Lipinski definition) is 5. The van der Waals surface area contributed by atoms with Gasteiger partial charge in [0.25, 0.3) is 0 Å². The average Bonchev–Trinajstić information content (AvgIpc) is 3.51. The number of aryl methyl sites for hydroxylation is 1. The Bertz CT molecular complexity index is 1170. The number of aromatic nitrogens is 3. The van der Waals surface area contributed by atoms with Gasteiger partial charge in [0.1, 0.15) is 0 Å². The first-order chi connectivity index (χ1) is 14.5. The van der Waals surface area contributed by atoms with Crippen molar-refractivity contribution in [2.45, 2.75) is 31.7 Å². The Hall–Kier alpha value is -3.26. The molecule has 1 fully saturated rings. The Labute approximate surface area is 172 Å². The third kappa shape index (κ3) is 2.95. The van der Waals surface area contributed by atoms with Crippen molar-refractivity contribution < 1.29 is 19.0 Å². The summed E-state index contributed by atoms with van der Waals surface area (Å²) in [5.74, 6) is -1.28. The van der Waals surface area contributed by atoms with Crippen LogP contribution in [0.1, 0.15) is 46.1 Å². The fraction of sp³-hybridized carbons (Fsp3) is 0.318. The van der Waals surface area contributed by atoms with E-state index in [0.29, 0.717) is 41.3 Å². The number of hydrogen-bond donors (Lipinski definition) is 3. The third-order valence-electron chi connectivity index (χ3n) is 6.01. The monoisotopic (exact) mass is 408 g/mol. The van der Waals surface area contributed by atoms with E-state index in [0.717, 1.165) is 35.2 Å². The Morgan fingerprint density at radius 2 is 2.10 bits per heavy atom. The van der Waals surface area contributed by atoms with E-state index in [1.807, 2.05) is 6.07 Å². The number of H-pyrrole nitrogens is 1. The zero-order chi connectivity index (χ0) is 21.0. The van der Waals surface area contributed by atoms with Gasteiger partial charge in [0.15, 0.2) is 5.82 Å². The lowest BCUT2D eigenvalue weighted by Crippen LogP contribution is -2.17. The summed E-state index contributed by atoms with van der Waals surface area (Å²) in [6.07, 6.45) is 6.59. The van der Waals surface area contributed by atoms with Crippen LogP contribution in [0.15, 0.2) is 24.5 Å². The first kappa shape index (κ1) is 18.7. The summed E-state index contributed by atoms with van der Waals surface area (Å²) < 4.78 is 19.0. The topological polar surface area (TPSA) is 114 Å². The summed E-state index contributed by atoms with van der Waals surface area (Å²) in [5, 5.41) is 9.87. The number of aromatic carboxylic acids is 1. The van der Waals surface area contributed by atoms with E-state index in [-0.39, 0.29) is 11.9 Å². The van der Waals surface area contributed by atoms with Crippen LogP contribution in [-0.4, -0.2) is 33.1 Å². The highest BCUT2D eigenvalue weighted by atomic mass is 19.1. The van der Waals surface area contributed by atoms with Gasteiger partial charge in [0.2, 0.25) is 5.88 Å². The minimum absolute atomic E-state index is 0.0758. The van der Waals surface area contributed by atoms with Gasteiger partial charge in [-0.05, 0) is 54.9 Å². The molecule has 2 aliphatic rings. The molecule has 154 valence electrons. The lowest BCUT2D eigenvalue weighted by Gasteiger charge is -2.17. The number of ether oxygens (including phenoxy) is 1. The summed E-state index contributed by atoms with van der Waals surface area (Å²) in [7, 11) is 1.36. The molecule has 3 aromatic rings. The maximum Gasteiger partial charge on any atom is 0.337 e. The van der Waals surface area contributed by atoms with Gasteiger partial charge in [-0.1, -0.05) is 0 Å². The number of pyridine rings is 2. The number of nitrogens with two attached hydrogens (primary N) is 1. The zero-order valence-corrected chi connectivity index (χ0v) is 16.4. The molecule has 0 amide bonds. The minimum atomic E-state index is -0.960. The predicted molar refractivity (Wildman–Crippen MR) is 108 cm³/mol. The SMILES string of the molecule is COc1ncc(-c2cc3c(cn2)CCc2c-3[nH]c(C(N)C3CC3)c2C(=O)O)cc1F. The molecule has 0 bridgehead atoms. The van der Waals surface area contributed by atoms with Gasteiger partial charge in [-0.2, -0.15) is 0 Å². The quantitative estimate of drug-likeness (QED) is 0.595. The number of methoxy groups -OCH3 is 1. The number of nitrogens with one attached hydrogen (secondary N) is 1. The molecule has 0 aliphatic heterocycles. The largest absolute Gasteiger partial charge is 0.479 e. The summed E-state index contributed by atoms with van der Waals surface area (Å²) in [5.41, 5.74) is 11.8. The standard InChI is InChI=1S/C22H21FN4O3/c1-30-21-15(23)6-12(9-26-21)16-7-14-11(8-25-16)4-5-13-17(22(28)29)20(27-19(13)14)18(24)10-2-3-10/h6-10,18,27H,2-5,24H2,1H3,(H,28,29). The number of halogens is 1. The molecule has 8 heteroatoms.